The molecule has 0 fully saturated rings. The first-order valence-electron chi connectivity index (χ1n) is 10.3. The number of nitrogens with zero attached hydrogens (tertiary/aromatic N) is 5. The molecule has 0 N–H and O–H groups in total. The van der Waals surface area contributed by atoms with Gasteiger partial charge in [-0.2, -0.15) is 8.78 Å². The summed E-state index contributed by atoms with van der Waals surface area (Å²) in [5, 5.41) is 0. The second kappa shape index (κ2) is 8.45. The Morgan fingerprint density at radius 3 is 2.74 bits per heavy atom. The zero-order valence-electron chi connectivity index (χ0n) is 17.8. The van der Waals surface area contributed by atoms with Crippen LogP contribution in [-0.2, 0) is 18.3 Å². The van der Waals surface area contributed by atoms with Gasteiger partial charge in [0.1, 0.15) is 11.3 Å². The molecule has 0 unspecified atom stereocenters. The Balaban J connectivity index is 1.59. The average molecular weight is 425 g/mol. The number of fused-ring (bicyclic) bond motifs is 1. The van der Waals surface area contributed by atoms with Crippen LogP contribution in [0.5, 0.6) is 0 Å². The third-order valence-electron chi connectivity index (χ3n) is 5.84. The van der Waals surface area contributed by atoms with Crippen molar-refractivity contribution in [2.24, 2.45) is 7.05 Å². The maximum atomic E-state index is 12.7. The summed E-state index contributed by atoms with van der Waals surface area (Å²) in [6.45, 7) is 2.63. The number of hydrogen-bond acceptors (Lipinski definition) is 4. The number of rotatable bonds is 5. The number of alkyl halides is 2. The van der Waals surface area contributed by atoms with Gasteiger partial charge in [0.25, 0.3) is 5.91 Å². The molecule has 0 atom stereocenters. The number of anilines is 2. The van der Waals surface area contributed by atoms with Crippen LogP contribution in [0.4, 0.5) is 20.3 Å². The summed E-state index contributed by atoms with van der Waals surface area (Å²) in [4.78, 5) is 23.7. The molecule has 3 aromatic rings. The van der Waals surface area contributed by atoms with Gasteiger partial charge in [-0.1, -0.05) is 19.1 Å². The molecule has 0 saturated heterocycles. The Labute approximate surface area is 179 Å². The number of carbonyl (C=O) groups excluding carboxylic acids is 1. The fourth-order valence-electron chi connectivity index (χ4n) is 3.99. The van der Waals surface area contributed by atoms with Crippen LogP contribution in [0.1, 0.15) is 24.5 Å². The SMILES string of the molecule is CCc1cc(C2=CCN(C(=O)C(F)F)CC2)ccc1N(C)c1cc2c(cn1)ncn2C. The second-order valence-electron chi connectivity index (χ2n) is 7.71. The smallest absolute Gasteiger partial charge is 0.315 e. The van der Waals surface area contributed by atoms with Gasteiger partial charge in [-0.05, 0) is 41.7 Å². The van der Waals surface area contributed by atoms with Crippen molar-refractivity contribution < 1.29 is 13.6 Å². The van der Waals surface area contributed by atoms with Crippen LogP contribution >= 0.6 is 0 Å². The number of carbonyl (C=O) groups is 1. The maximum Gasteiger partial charge on any atom is 0.315 e. The first-order chi connectivity index (χ1) is 14.9. The van der Waals surface area contributed by atoms with E-state index in [1.54, 1.807) is 12.5 Å². The molecule has 6 nitrogen and oxygen atoms in total. The van der Waals surface area contributed by atoms with Gasteiger partial charge < -0.3 is 14.4 Å². The van der Waals surface area contributed by atoms with E-state index in [0.717, 1.165) is 40.1 Å². The lowest BCUT2D eigenvalue weighted by molar-refractivity contribution is -0.142. The van der Waals surface area contributed by atoms with Crippen molar-refractivity contribution in [2.75, 3.05) is 25.0 Å². The first kappa shape index (κ1) is 21.0. The van der Waals surface area contributed by atoms with Crippen molar-refractivity contribution in [3.8, 4) is 0 Å². The number of hydrogen-bond donors (Lipinski definition) is 0. The molecule has 1 aliphatic rings. The van der Waals surface area contributed by atoms with Gasteiger partial charge in [-0.3, -0.25) is 4.79 Å². The van der Waals surface area contributed by atoms with E-state index in [1.165, 1.54) is 10.5 Å². The molecule has 1 aromatic carbocycles. The molecule has 162 valence electrons. The van der Waals surface area contributed by atoms with Crippen molar-refractivity contribution in [3.05, 3.63) is 54.0 Å². The Morgan fingerprint density at radius 2 is 2.06 bits per heavy atom. The Bertz CT molecular complexity index is 1150. The minimum absolute atomic E-state index is 0.219. The van der Waals surface area contributed by atoms with E-state index in [0.29, 0.717) is 13.0 Å². The van der Waals surface area contributed by atoms with E-state index in [-0.39, 0.29) is 6.54 Å². The highest BCUT2D eigenvalue weighted by atomic mass is 19.3. The fraction of sp³-hybridized carbons (Fsp3) is 0.348. The van der Waals surface area contributed by atoms with E-state index < -0.39 is 12.3 Å². The van der Waals surface area contributed by atoms with Crippen LogP contribution < -0.4 is 4.90 Å². The highest BCUT2D eigenvalue weighted by molar-refractivity contribution is 5.82. The molecule has 0 spiro atoms. The minimum atomic E-state index is -2.95. The predicted molar refractivity (Wildman–Crippen MR) is 118 cm³/mol. The molecule has 2 aromatic heterocycles. The summed E-state index contributed by atoms with van der Waals surface area (Å²) >= 11 is 0. The van der Waals surface area contributed by atoms with Gasteiger partial charge in [0, 0.05) is 38.9 Å². The Morgan fingerprint density at radius 1 is 1.26 bits per heavy atom. The quantitative estimate of drug-likeness (QED) is 0.616. The molecular formula is C23H25F2N5O. The highest BCUT2D eigenvalue weighted by Crippen LogP contribution is 2.32. The monoisotopic (exact) mass is 425 g/mol. The zero-order valence-corrected chi connectivity index (χ0v) is 17.8. The average Bonchev–Trinajstić information content (AvgIpc) is 3.17. The number of aromatic nitrogens is 3. The summed E-state index contributed by atoms with van der Waals surface area (Å²) in [6.07, 6.45) is 3.88. The number of pyridine rings is 1. The van der Waals surface area contributed by atoms with Gasteiger partial charge in [0.05, 0.1) is 18.0 Å². The summed E-state index contributed by atoms with van der Waals surface area (Å²) < 4.78 is 27.3. The first-order valence-corrected chi connectivity index (χ1v) is 10.3. The molecule has 3 heterocycles. The summed E-state index contributed by atoms with van der Waals surface area (Å²) in [5.74, 6) is -0.268. The van der Waals surface area contributed by atoms with Crippen molar-refractivity contribution in [3.63, 3.8) is 0 Å². The lowest BCUT2D eigenvalue weighted by Crippen LogP contribution is -2.38. The van der Waals surface area contributed by atoms with Crippen LogP contribution in [0.3, 0.4) is 0 Å². The highest BCUT2D eigenvalue weighted by Gasteiger charge is 2.25. The van der Waals surface area contributed by atoms with E-state index >= 15 is 0 Å². The van der Waals surface area contributed by atoms with Crippen molar-refractivity contribution in [1.29, 1.82) is 0 Å². The Kier molecular flexibility index (Phi) is 5.71. The molecule has 0 bridgehead atoms. The normalized spacial score (nSPS) is 14.3. The minimum Gasteiger partial charge on any atom is -0.334 e. The molecule has 0 radical (unpaired) electrons. The van der Waals surface area contributed by atoms with Crippen molar-refractivity contribution in [1.82, 2.24) is 19.4 Å². The van der Waals surface area contributed by atoms with Gasteiger partial charge in [-0.15, -0.1) is 0 Å². The topological polar surface area (TPSA) is 54.3 Å². The van der Waals surface area contributed by atoms with Crippen LogP contribution in [0.25, 0.3) is 16.6 Å². The summed E-state index contributed by atoms with van der Waals surface area (Å²) in [6, 6.07) is 8.28. The lowest BCUT2D eigenvalue weighted by Gasteiger charge is -2.27. The molecule has 0 aliphatic carbocycles. The third-order valence-corrected chi connectivity index (χ3v) is 5.84. The van der Waals surface area contributed by atoms with Crippen LogP contribution in [-0.4, -0.2) is 51.9 Å². The molecular weight excluding hydrogens is 400 g/mol. The number of benzene rings is 1. The molecule has 0 saturated carbocycles. The zero-order chi connectivity index (χ0) is 22.1. The van der Waals surface area contributed by atoms with Gasteiger partial charge in [0.15, 0.2) is 0 Å². The summed E-state index contributed by atoms with van der Waals surface area (Å²) in [5.41, 5.74) is 6.24. The van der Waals surface area contributed by atoms with E-state index in [2.05, 4.69) is 33.9 Å². The number of halogens is 2. The summed E-state index contributed by atoms with van der Waals surface area (Å²) in [7, 11) is 3.95. The third kappa shape index (κ3) is 4.02. The molecule has 31 heavy (non-hydrogen) atoms. The van der Waals surface area contributed by atoms with Crippen molar-refractivity contribution in [2.45, 2.75) is 26.2 Å². The number of imidazole rings is 1. The fourth-order valence-corrected chi connectivity index (χ4v) is 3.99. The van der Waals surface area contributed by atoms with Crippen molar-refractivity contribution >= 4 is 34.0 Å². The van der Waals surface area contributed by atoms with Gasteiger partial charge in [0.2, 0.25) is 0 Å². The Hall–Kier alpha value is -3.29. The van der Waals surface area contributed by atoms with Crippen LogP contribution in [0.2, 0.25) is 0 Å². The van der Waals surface area contributed by atoms with Crippen LogP contribution in [0.15, 0.2) is 42.9 Å². The molecule has 8 heteroatoms. The second-order valence-corrected chi connectivity index (χ2v) is 7.71. The number of aryl methyl sites for hydroxylation is 2. The maximum absolute atomic E-state index is 12.7. The molecule has 1 amide bonds. The largest absolute Gasteiger partial charge is 0.334 e. The molecule has 4 rings (SSSR count). The van der Waals surface area contributed by atoms with E-state index in [4.69, 9.17) is 0 Å². The standard InChI is InChI=1S/C23H25F2N5O/c1-4-15-11-17(16-7-9-30(10-8-16)23(31)22(24)25)5-6-19(15)29(3)21-12-20-18(13-26-21)27-14-28(20)2/h5-7,11-14,22H,4,8-10H2,1-3H3. The van der Waals surface area contributed by atoms with Crippen LogP contribution in [0, 0.1) is 0 Å². The van der Waals surface area contributed by atoms with E-state index in [1.807, 2.05) is 36.9 Å². The van der Waals surface area contributed by atoms with E-state index in [9.17, 15) is 13.6 Å². The lowest BCUT2D eigenvalue weighted by atomic mass is 9.96. The van der Waals surface area contributed by atoms with Gasteiger partial charge >= 0.3 is 6.43 Å². The molecule has 1 aliphatic heterocycles. The number of amides is 1. The predicted octanol–water partition coefficient (Wildman–Crippen LogP) is 4.18. The van der Waals surface area contributed by atoms with Gasteiger partial charge in [-0.25, -0.2) is 9.97 Å².